The number of nitrogens with one attached hydrogen (secondary N) is 1. The van der Waals surface area contributed by atoms with Crippen molar-refractivity contribution < 1.29 is 4.74 Å². The lowest BCUT2D eigenvalue weighted by molar-refractivity contribution is 0.135. The molecule has 1 heterocycles. The van der Waals surface area contributed by atoms with E-state index in [1.807, 2.05) is 0 Å². The summed E-state index contributed by atoms with van der Waals surface area (Å²) in [4.78, 5) is 0. The first-order valence-corrected chi connectivity index (χ1v) is 6.95. The summed E-state index contributed by atoms with van der Waals surface area (Å²) in [5.74, 6) is 3.64. The van der Waals surface area contributed by atoms with Crippen LogP contribution in [0.1, 0.15) is 26.2 Å². The first-order valence-electron chi connectivity index (χ1n) is 5.79. The van der Waals surface area contributed by atoms with Crippen LogP contribution in [0.2, 0.25) is 0 Å². The molecule has 0 aliphatic carbocycles. The van der Waals surface area contributed by atoms with Crippen LogP contribution >= 0.6 is 11.8 Å². The van der Waals surface area contributed by atoms with Crippen LogP contribution in [-0.2, 0) is 4.74 Å². The molecule has 1 saturated heterocycles. The van der Waals surface area contributed by atoms with Crippen molar-refractivity contribution in [3.05, 3.63) is 0 Å². The van der Waals surface area contributed by atoms with Gasteiger partial charge in [0.1, 0.15) is 0 Å². The lowest BCUT2D eigenvalue weighted by Crippen LogP contribution is -2.28. The number of hydrogen-bond acceptors (Lipinski definition) is 3. The zero-order valence-electron chi connectivity index (χ0n) is 9.26. The predicted molar refractivity (Wildman–Crippen MR) is 64.0 cm³/mol. The van der Waals surface area contributed by atoms with E-state index in [0.717, 1.165) is 32.1 Å². The van der Waals surface area contributed by atoms with Crippen LogP contribution in [0, 0.1) is 5.92 Å². The molecule has 1 aliphatic rings. The van der Waals surface area contributed by atoms with E-state index in [1.165, 1.54) is 30.9 Å². The standard InChI is InChI=1S/C11H23NOS/c1-2-6-13-7-5-12-10-11-3-8-14-9-4-11/h11-12H,2-10H2,1H3. The second-order valence-corrected chi connectivity index (χ2v) is 5.10. The van der Waals surface area contributed by atoms with Gasteiger partial charge in [0.15, 0.2) is 0 Å². The highest BCUT2D eigenvalue weighted by Crippen LogP contribution is 2.21. The minimum atomic E-state index is 0.870. The number of thioether (sulfide) groups is 1. The average molecular weight is 217 g/mol. The van der Waals surface area contributed by atoms with Crippen molar-refractivity contribution in [2.45, 2.75) is 26.2 Å². The van der Waals surface area contributed by atoms with Crippen molar-refractivity contribution in [2.75, 3.05) is 37.8 Å². The van der Waals surface area contributed by atoms with Crippen LogP contribution in [-0.4, -0.2) is 37.8 Å². The lowest BCUT2D eigenvalue weighted by atomic mass is 10.0. The summed E-state index contributed by atoms with van der Waals surface area (Å²) in [6, 6.07) is 0. The van der Waals surface area contributed by atoms with Gasteiger partial charge in [-0.1, -0.05) is 6.92 Å². The fourth-order valence-electron chi connectivity index (χ4n) is 1.65. The highest BCUT2D eigenvalue weighted by atomic mass is 32.2. The molecule has 14 heavy (non-hydrogen) atoms. The van der Waals surface area contributed by atoms with Gasteiger partial charge < -0.3 is 10.1 Å². The Morgan fingerprint density at radius 3 is 2.79 bits per heavy atom. The zero-order valence-corrected chi connectivity index (χ0v) is 10.1. The van der Waals surface area contributed by atoms with Gasteiger partial charge in [0.2, 0.25) is 0 Å². The van der Waals surface area contributed by atoms with Crippen LogP contribution in [0.25, 0.3) is 0 Å². The number of hydrogen-bond donors (Lipinski definition) is 1. The molecule has 0 saturated carbocycles. The molecule has 0 bridgehead atoms. The quantitative estimate of drug-likeness (QED) is 0.660. The molecule has 0 aromatic rings. The van der Waals surface area contributed by atoms with E-state index in [4.69, 9.17) is 4.74 Å². The van der Waals surface area contributed by atoms with E-state index < -0.39 is 0 Å². The van der Waals surface area contributed by atoms with Crippen molar-refractivity contribution in [2.24, 2.45) is 5.92 Å². The number of rotatable bonds is 7. The van der Waals surface area contributed by atoms with E-state index in [1.54, 1.807) is 0 Å². The molecule has 0 atom stereocenters. The Bertz CT molecular complexity index is 126. The van der Waals surface area contributed by atoms with E-state index in [2.05, 4.69) is 24.0 Å². The zero-order chi connectivity index (χ0) is 10.1. The van der Waals surface area contributed by atoms with Crippen LogP contribution in [0.5, 0.6) is 0 Å². The molecule has 0 spiro atoms. The van der Waals surface area contributed by atoms with Gasteiger partial charge in [-0.2, -0.15) is 11.8 Å². The number of ether oxygens (including phenoxy) is 1. The molecule has 0 amide bonds. The van der Waals surface area contributed by atoms with Crippen LogP contribution in [0.15, 0.2) is 0 Å². The second-order valence-electron chi connectivity index (χ2n) is 3.87. The van der Waals surface area contributed by atoms with Crippen LogP contribution in [0.4, 0.5) is 0 Å². The third-order valence-corrected chi connectivity index (χ3v) is 3.59. The lowest BCUT2D eigenvalue weighted by Gasteiger charge is -2.21. The maximum absolute atomic E-state index is 5.41. The summed E-state index contributed by atoms with van der Waals surface area (Å²) in [7, 11) is 0. The van der Waals surface area contributed by atoms with Gasteiger partial charge in [0.05, 0.1) is 6.61 Å². The first kappa shape index (κ1) is 12.3. The summed E-state index contributed by atoms with van der Waals surface area (Å²) < 4.78 is 5.41. The van der Waals surface area contributed by atoms with Gasteiger partial charge in [-0.05, 0) is 43.2 Å². The molecule has 1 aliphatic heterocycles. The van der Waals surface area contributed by atoms with Gasteiger partial charge in [-0.15, -0.1) is 0 Å². The maximum Gasteiger partial charge on any atom is 0.0590 e. The molecule has 3 heteroatoms. The molecule has 1 rings (SSSR count). The topological polar surface area (TPSA) is 21.3 Å². The molecule has 84 valence electrons. The highest BCUT2D eigenvalue weighted by molar-refractivity contribution is 7.99. The molecule has 1 N–H and O–H groups in total. The molecule has 0 aromatic heterocycles. The van der Waals surface area contributed by atoms with Crippen molar-refractivity contribution >= 4 is 11.8 Å². The summed E-state index contributed by atoms with van der Waals surface area (Å²) in [5.41, 5.74) is 0. The molecule has 2 nitrogen and oxygen atoms in total. The molecule has 0 unspecified atom stereocenters. The Morgan fingerprint density at radius 1 is 1.29 bits per heavy atom. The van der Waals surface area contributed by atoms with E-state index in [0.29, 0.717) is 0 Å². The predicted octanol–water partition coefficient (Wildman–Crippen LogP) is 2.15. The van der Waals surface area contributed by atoms with Gasteiger partial charge in [-0.25, -0.2) is 0 Å². The second kappa shape index (κ2) is 8.57. The summed E-state index contributed by atoms with van der Waals surface area (Å²) in [6.45, 7) is 6.13. The summed E-state index contributed by atoms with van der Waals surface area (Å²) in [6.07, 6.45) is 3.92. The third-order valence-electron chi connectivity index (χ3n) is 2.55. The largest absolute Gasteiger partial charge is 0.380 e. The Morgan fingerprint density at radius 2 is 2.07 bits per heavy atom. The fraction of sp³-hybridized carbons (Fsp3) is 1.00. The molecule has 0 aromatic carbocycles. The van der Waals surface area contributed by atoms with Gasteiger partial charge in [-0.3, -0.25) is 0 Å². The molecular formula is C11H23NOS. The van der Waals surface area contributed by atoms with Crippen molar-refractivity contribution in [1.29, 1.82) is 0 Å². The van der Waals surface area contributed by atoms with Crippen molar-refractivity contribution in [3.63, 3.8) is 0 Å². The minimum absolute atomic E-state index is 0.870. The van der Waals surface area contributed by atoms with Crippen molar-refractivity contribution in [3.8, 4) is 0 Å². The Labute approximate surface area is 92.2 Å². The summed E-state index contributed by atoms with van der Waals surface area (Å²) >= 11 is 2.10. The average Bonchev–Trinajstić information content (AvgIpc) is 2.25. The van der Waals surface area contributed by atoms with E-state index in [-0.39, 0.29) is 0 Å². The van der Waals surface area contributed by atoms with Gasteiger partial charge in [0, 0.05) is 13.2 Å². The van der Waals surface area contributed by atoms with E-state index >= 15 is 0 Å². The highest BCUT2D eigenvalue weighted by Gasteiger charge is 2.12. The molecule has 0 radical (unpaired) electrons. The third kappa shape index (κ3) is 5.89. The summed E-state index contributed by atoms with van der Waals surface area (Å²) in [5, 5.41) is 3.48. The maximum atomic E-state index is 5.41. The Balaban J connectivity index is 1.82. The SMILES string of the molecule is CCCOCCNCC1CCSCC1. The molecular weight excluding hydrogens is 194 g/mol. The first-order chi connectivity index (χ1) is 6.93. The van der Waals surface area contributed by atoms with Gasteiger partial charge in [0.25, 0.3) is 0 Å². The van der Waals surface area contributed by atoms with E-state index in [9.17, 15) is 0 Å². The normalized spacial score (nSPS) is 18.6. The van der Waals surface area contributed by atoms with Crippen LogP contribution < -0.4 is 5.32 Å². The Kier molecular flexibility index (Phi) is 7.55. The minimum Gasteiger partial charge on any atom is -0.380 e. The smallest absolute Gasteiger partial charge is 0.0590 e. The Hall–Kier alpha value is 0.270. The van der Waals surface area contributed by atoms with Crippen LogP contribution in [0.3, 0.4) is 0 Å². The monoisotopic (exact) mass is 217 g/mol. The molecule has 1 fully saturated rings. The fourth-order valence-corrected chi connectivity index (χ4v) is 2.85. The van der Waals surface area contributed by atoms with Gasteiger partial charge >= 0.3 is 0 Å². The van der Waals surface area contributed by atoms with Crippen molar-refractivity contribution in [1.82, 2.24) is 5.32 Å².